The molecule has 0 fully saturated rings. The standard InChI is InChI=1S/C28H31N3O4S/c1-18-12-19(2)23-15-21(27(32)30-24(23)13-18)16-31(17-22-6-5-11-35-22)28(36)29-10-9-20-7-8-25(33-3)26(14-20)34-4/h5-8,11-15H,9-10,16-17H2,1-4H3,(H,29,36)(H,30,32). The van der Waals surface area contributed by atoms with Gasteiger partial charge in [-0.05, 0) is 85.6 Å². The van der Waals surface area contributed by atoms with E-state index < -0.39 is 0 Å². The van der Waals surface area contributed by atoms with E-state index in [2.05, 4.69) is 23.3 Å². The van der Waals surface area contributed by atoms with Crippen LogP contribution in [0.25, 0.3) is 10.9 Å². The van der Waals surface area contributed by atoms with Crippen molar-refractivity contribution in [3.05, 3.63) is 93.2 Å². The lowest BCUT2D eigenvalue weighted by Crippen LogP contribution is -2.40. The van der Waals surface area contributed by atoms with Crippen LogP contribution in [-0.2, 0) is 19.5 Å². The largest absolute Gasteiger partial charge is 0.493 e. The molecule has 0 atom stereocenters. The lowest BCUT2D eigenvalue weighted by molar-refractivity contribution is 0.350. The van der Waals surface area contributed by atoms with Crippen molar-refractivity contribution in [1.29, 1.82) is 0 Å². The summed E-state index contributed by atoms with van der Waals surface area (Å²) < 4.78 is 16.3. The average molecular weight is 506 g/mol. The van der Waals surface area contributed by atoms with Crippen LogP contribution in [0.4, 0.5) is 0 Å². The summed E-state index contributed by atoms with van der Waals surface area (Å²) >= 11 is 5.75. The Morgan fingerprint density at radius 2 is 1.86 bits per heavy atom. The Kier molecular flexibility index (Phi) is 7.95. The van der Waals surface area contributed by atoms with Crippen molar-refractivity contribution >= 4 is 28.2 Å². The van der Waals surface area contributed by atoms with Crippen LogP contribution in [-0.4, -0.2) is 35.8 Å². The molecular weight excluding hydrogens is 474 g/mol. The van der Waals surface area contributed by atoms with E-state index in [-0.39, 0.29) is 5.56 Å². The molecule has 7 nitrogen and oxygen atoms in total. The predicted octanol–water partition coefficient (Wildman–Crippen LogP) is 4.87. The van der Waals surface area contributed by atoms with Crippen LogP contribution in [0.1, 0.15) is 28.0 Å². The van der Waals surface area contributed by atoms with E-state index >= 15 is 0 Å². The first kappa shape index (κ1) is 25.3. The Labute approximate surface area is 216 Å². The number of ether oxygens (including phenoxy) is 2. The SMILES string of the molecule is COc1ccc(CCNC(=S)N(Cc2ccco2)Cc2cc3c(C)cc(C)cc3[nH]c2=O)cc1OC. The molecule has 0 saturated carbocycles. The summed E-state index contributed by atoms with van der Waals surface area (Å²) in [6.07, 6.45) is 2.37. The van der Waals surface area contributed by atoms with Gasteiger partial charge in [0, 0.05) is 23.0 Å². The van der Waals surface area contributed by atoms with Crippen molar-refractivity contribution in [2.45, 2.75) is 33.4 Å². The summed E-state index contributed by atoms with van der Waals surface area (Å²) in [5.74, 6) is 2.15. The minimum atomic E-state index is -0.120. The van der Waals surface area contributed by atoms with Crippen LogP contribution in [0, 0.1) is 13.8 Å². The number of pyridine rings is 1. The smallest absolute Gasteiger partial charge is 0.253 e. The van der Waals surface area contributed by atoms with Gasteiger partial charge in [0.2, 0.25) is 0 Å². The van der Waals surface area contributed by atoms with Crippen molar-refractivity contribution in [2.24, 2.45) is 0 Å². The molecule has 188 valence electrons. The van der Waals surface area contributed by atoms with Gasteiger partial charge in [0.25, 0.3) is 5.56 Å². The van der Waals surface area contributed by atoms with Gasteiger partial charge in [-0.25, -0.2) is 0 Å². The van der Waals surface area contributed by atoms with E-state index in [1.807, 2.05) is 54.3 Å². The molecular formula is C28H31N3O4S. The third-order valence-electron chi connectivity index (χ3n) is 6.10. The van der Waals surface area contributed by atoms with E-state index in [0.29, 0.717) is 41.8 Å². The molecule has 4 aromatic rings. The van der Waals surface area contributed by atoms with Crippen LogP contribution in [0.3, 0.4) is 0 Å². The zero-order chi connectivity index (χ0) is 25.7. The second-order valence-electron chi connectivity index (χ2n) is 8.77. The number of benzene rings is 2. The predicted molar refractivity (Wildman–Crippen MR) is 146 cm³/mol. The van der Waals surface area contributed by atoms with Crippen LogP contribution in [0.5, 0.6) is 11.5 Å². The van der Waals surface area contributed by atoms with Crippen LogP contribution in [0.2, 0.25) is 0 Å². The highest BCUT2D eigenvalue weighted by molar-refractivity contribution is 7.80. The fourth-order valence-corrected chi connectivity index (χ4v) is 4.52. The number of nitrogens with zero attached hydrogens (tertiary/aromatic N) is 1. The van der Waals surface area contributed by atoms with Gasteiger partial charge in [0.1, 0.15) is 5.76 Å². The molecule has 0 aliphatic heterocycles. The van der Waals surface area contributed by atoms with Crippen LogP contribution < -0.4 is 20.3 Å². The maximum absolute atomic E-state index is 12.9. The Morgan fingerprint density at radius 3 is 2.58 bits per heavy atom. The first-order valence-electron chi connectivity index (χ1n) is 11.8. The van der Waals surface area contributed by atoms with Gasteiger partial charge in [0.15, 0.2) is 16.6 Å². The molecule has 8 heteroatoms. The normalized spacial score (nSPS) is 10.9. The molecule has 0 bridgehead atoms. The highest BCUT2D eigenvalue weighted by Gasteiger charge is 2.16. The maximum Gasteiger partial charge on any atom is 0.253 e. The monoisotopic (exact) mass is 505 g/mol. The highest BCUT2D eigenvalue weighted by Crippen LogP contribution is 2.27. The molecule has 0 amide bonds. The molecule has 0 unspecified atom stereocenters. The number of H-pyrrole nitrogens is 1. The van der Waals surface area contributed by atoms with Crippen molar-refractivity contribution in [3.63, 3.8) is 0 Å². The molecule has 0 saturated heterocycles. The topological polar surface area (TPSA) is 79.7 Å². The van der Waals surface area contributed by atoms with Crippen molar-refractivity contribution in [1.82, 2.24) is 15.2 Å². The third-order valence-corrected chi connectivity index (χ3v) is 6.51. The second-order valence-corrected chi connectivity index (χ2v) is 9.16. The molecule has 2 N–H and O–H groups in total. The van der Waals surface area contributed by atoms with Gasteiger partial charge in [-0.2, -0.15) is 0 Å². The van der Waals surface area contributed by atoms with E-state index in [9.17, 15) is 4.79 Å². The third kappa shape index (κ3) is 5.88. The Bertz CT molecular complexity index is 1410. The number of hydrogen-bond acceptors (Lipinski definition) is 5. The number of furan rings is 1. The number of aromatic amines is 1. The molecule has 0 aliphatic carbocycles. The van der Waals surface area contributed by atoms with Gasteiger partial charge in [-0.15, -0.1) is 0 Å². The zero-order valence-electron chi connectivity index (χ0n) is 21.0. The quantitative estimate of drug-likeness (QED) is 0.314. The number of fused-ring (bicyclic) bond motifs is 1. The minimum Gasteiger partial charge on any atom is -0.493 e. The number of rotatable bonds is 9. The first-order chi connectivity index (χ1) is 17.4. The Balaban J connectivity index is 1.51. The van der Waals surface area contributed by atoms with Crippen molar-refractivity contribution < 1.29 is 13.9 Å². The number of aryl methyl sites for hydroxylation is 2. The van der Waals surface area contributed by atoms with Gasteiger partial charge in [-0.1, -0.05) is 12.1 Å². The summed E-state index contributed by atoms with van der Waals surface area (Å²) in [7, 11) is 3.24. The lowest BCUT2D eigenvalue weighted by atomic mass is 10.0. The van der Waals surface area contributed by atoms with Crippen molar-refractivity contribution in [3.8, 4) is 11.5 Å². The number of hydrogen-bond donors (Lipinski definition) is 2. The van der Waals surface area contributed by atoms with Crippen molar-refractivity contribution in [2.75, 3.05) is 20.8 Å². The van der Waals surface area contributed by atoms with E-state index in [1.165, 1.54) is 0 Å². The molecule has 0 aliphatic rings. The molecule has 2 aromatic carbocycles. The van der Waals surface area contributed by atoms with Crippen LogP contribution in [0.15, 0.2) is 64.0 Å². The number of thiocarbonyl (C=S) groups is 1. The van der Waals surface area contributed by atoms with Gasteiger partial charge in [-0.3, -0.25) is 4.79 Å². The fourth-order valence-electron chi connectivity index (χ4n) is 4.29. The molecule has 0 spiro atoms. The maximum atomic E-state index is 12.9. The molecule has 4 rings (SSSR count). The summed E-state index contributed by atoms with van der Waals surface area (Å²) in [6, 6.07) is 15.7. The Morgan fingerprint density at radius 1 is 1.06 bits per heavy atom. The van der Waals surface area contributed by atoms with E-state index in [0.717, 1.165) is 39.8 Å². The Hall–Kier alpha value is -3.78. The second kappa shape index (κ2) is 11.3. The molecule has 2 aromatic heterocycles. The van der Waals surface area contributed by atoms with Crippen LogP contribution >= 0.6 is 12.2 Å². The average Bonchev–Trinajstić information content (AvgIpc) is 3.37. The number of aromatic nitrogens is 1. The van der Waals surface area contributed by atoms with Gasteiger partial charge in [0.05, 0.1) is 33.6 Å². The summed E-state index contributed by atoms with van der Waals surface area (Å²) in [5, 5.41) is 4.91. The number of methoxy groups -OCH3 is 2. The summed E-state index contributed by atoms with van der Waals surface area (Å²) in [6.45, 7) is 5.49. The molecule has 2 heterocycles. The highest BCUT2D eigenvalue weighted by atomic mass is 32.1. The molecule has 36 heavy (non-hydrogen) atoms. The molecule has 0 radical (unpaired) electrons. The summed E-state index contributed by atoms with van der Waals surface area (Å²) in [5.41, 5.74) is 4.69. The van der Waals surface area contributed by atoms with Gasteiger partial charge < -0.3 is 29.1 Å². The first-order valence-corrected chi connectivity index (χ1v) is 12.2. The lowest BCUT2D eigenvalue weighted by Gasteiger charge is -2.25. The van der Waals surface area contributed by atoms with Gasteiger partial charge >= 0.3 is 0 Å². The van der Waals surface area contributed by atoms with E-state index in [4.69, 9.17) is 26.1 Å². The van der Waals surface area contributed by atoms with E-state index in [1.54, 1.807) is 20.5 Å². The fraction of sp³-hybridized carbons (Fsp3) is 0.286. The number of nitrogens with one attached hydrogen (secondary N) is 2. The minimum absolute atomic E-state index is 0.120. The summed E-state index contributed by atoms with van der Waals surface area (Å²) in [4.78, 5) is 17.9. The zero-order valence-corrected chi connectivity index (χ0v) is 21.8.